The number of hydrogen-bond donors (Lipinski definition) is 1. The SMILES string of the molecule is CC1(C)CCC[C@@]2(C)[C@@H]3C[C@H](O)[C@@]4(C)c5cocc5CC[C@@H]4[C@@]3(C)CC[C@H]12. The van der Waals surface area contributed by atoms with E-state index in [1.807, 2.05) is 12.5 Å². The van der Waals surface area contributed by atoms with Gasteiger partial charge in [-0.2, -0.15) is 0 Å². The molecule has 0 unspecified atom stereocenters. The Hall–Kier alpha value is -0.760. The molecule has 1 heterocycles. The summed E-state index contributed by atoms with van der Waals surface area (Å²) >= 11 is 0. The van der Waals surface area contributed by atoms with Crippen LogP contribution in [0.2, 0.25) is 0 Å². The van der Waals surface area contributed by atoms with Gasteiger partial charge in [0.15, 0.2) is 0 Å². The molecule has 1 aromatic heterocycles. The largest absolute Gasteiger partial charge is 0.472 e. The number of fused-ring (bicyclic) bond motifs is 7. The summed E-state index contributed by atoms with van der Waals surface area (Å²) in [5.74, 6) is 2.01. The Balaban J connectivity index is 1.61. The molecule has 0 amide bonds. The maximum absolute atomic E-state index is 11.6. The lowest BCUT2D eigenvalue weighted by Gasteiger charge is -2.69. The predicted molar refractivity (Wildman–Crippen MR) is 109 cm³/mol. The summed E-state index contributed by atoms with van der Waals surface area (Å²) in [7, 11) is 0. The monoisotopic (exact) mass is 370 g/mol. The summed E-state index contributed by atoms with van der Waals surface area (Å²) in [4.78, 5) is 0. The topological polar surface area (TPSA) is 33.4 Å². The van der Waals surface area contributed by atoms with E-state index in [0.717, 1.165) is 18.8 Å². The maximum atomic E-state index is 11.6. The Labute approximate surface area is 165 Å². The van der Waals surface area contributed by atoms with E-state index in [2.05, 4.69) is 34.6 Å². The van der Waals surface area contributed by atoms with Crippen molar-refractivity contribution in [2.75, 3.05) is 0 Å². The standard InChI is InChI=1S/C25H38O2/c1-22(2)10-6-11-23(3)18(22)9-12-24(4)19-8-7-16-14-27-15-17(16)25(19,5)21(26)13-20(23)24/h14-15,18-21,26H,6-13H2,1-5H3/t18-,19-,20+,21+,23-,24-,25+/m1/s1. The van der Waals surface area contributed by atoms with Crippen LogP contribution in [0.15, 0.2) is 16.9 Å². The normalized spacial score (nSPS) is 50.9. The van der Waals surface area contributed by atoms with E-state index in [1.54, 1.807) is 0 Å². The summed E-state index contributed by atoms with van der Waals surface area (Å²) in [6.07, 6.45) is 13.7. The molecule has 5 rings (SSSR count). The molecule has 2 nitrogen and oxygen atoms in total. The Morgan fingerprint density at radius 3 is 2.41 bits per heavy atom. The third-order valence-corrected chi connectivity index (χ3v) is 10.5. The minimum atomic E-state index is -0.252. The molecule has 150 valence electrons. The average Bonchev–Trinajstić information content (AvgIpc) is 3.06. The average molecular weight is 371 g/mol. The smallest absolute Gasteiger partial charge is 0.0944 e. The fourth-order valence-electron chi connectivity index (χ4n) is 9.31. The zero-order valence-corrected chi connectivity index (χ0v) is 18.0. The molecule has 3 fully saturated rings. The maximum Gasteiger partial charge on any atom is 0.0944 e. The highest BCUT2D eigenvalue weighted by molar-refractivity contribution is 5.38. The van der Waals surface area contributed by atoms with Crippen molar-refractivity contribution >= 4 is 0 Å². The molecule has 1 N–H and O–H groups in total. The van der Waals surface area contributed by atoms with Crippen LogP contribution >= 0.6 is 0 Å². The van der Waals surface area contributed by atoms with E-state index in [1.165, 1.54) is 49.7 Å². The van der Waals surface area contributed by atoms with E-state index in [9.17, 15) is 5.11 Å². The van der Waals surface area contributed by atoms with Crippen LogP contribution in [-0.2, 0) is 11.8 Å². The molecule has 0 radical (unpaired) electrons. The minimum Gasteiger partial charge on any atom is -0.472 e. The Kier molecular flexibility index (Phi) is 3.68. The Morgan fingerprint density at radius 1 is 0.889 bits per heavy atom. The van der Waals surface area contributed by atoms with Gasteiger partial charge in [-0.3, -0.25) is 0 Å². The summed E-state index contributed by atoms with van der Waals surface area (Å²) in [5.41, 5.74) is 3.68. The van der Waals surface area contributed by atoms with Crippen molar-refractivity contribution < 1.29 is 9.52 Å². The molecule has 1 aromatic rings. The summed E-state index contributed by atoms with van der Waals surface area (Å²) in [6, 6.07) is 0. The van der Waals surface area contributed by atoms with Crippen LogP contribution in [0.5, 0.6) is 0 Å². The van der Waals surface area contributed by atoms with Crippen molar-refractivity contribution in [2.45, 2.75) is 97.5 Å². The number of rotatable bonds is 0. The fraction of sp³-hybridized carbons (Fsp3) is 0.840. The van der Waals surface area contributed by atoms with E-state index < -0.39 is 0 Å². The molecule has 7 atom stereocenters. The van der Waals surface area contributed by atoms with Gasteiger partial charge in [0.2, 0.25) is 0 Å². The van der Waals surface area contributed by atoms with Crippen molar-refractivity contribution in [1.29, 1.82) is 0 Å². The van der Waals surface area contributed by atoms with Gasteiger partial charge in [-0.15, -0.1) is 0 Å². The van der Waals surface area contributed by atoms with E-state index in [-0.39, 0.29) is 11.5 Å². The Morgan fingerprint density at radius 2 is 1.63 bits per heavy atom. The predicted octanol–water partition coefficient (Wildman–Crippen LogP) is 6.11. The van der Waals surface area contributed by atoms with Crippen LogP contribution in [0.4, 0.5) is 0 Å². The van der Waals surface area contributed by atoms with Gasteiger partial charge in [-0.1, -0.05) is 41.0 Å². The highest BCUT2D eigenvalue weighted by Gasteiger charge is 2.67. The van der Waals surface area contributed by atoms with E-state index in [4.69, 9.17) is 4.42 Å². The molecule has 4 aliphatic carbocycles. The molecule has 0 saturated heterocycles. The molecule has 0 aromatic carbocycles. The lowest BCUT2D eigenvalue weighted by atomic mass is 9.35. The first-order valence-electron chi connectivity index (χ1n) is 11.4. The first kappa shape index (κ1) is 18.3. The van der Waals surface area contributed by atoms with Crippen molar-refractivity contribution in [3.8, 4) is 0 Å². The third-order valence-electron chi connectivity index (χ3n) is 10.5. The van der Waals surface area contributed by atoms with Gasteiger partial charge in [-0.25, -0.2) is 0 Å². The highest BCUT2D eigenvalue weighted by atomic mass is 16.3. The van der Waals surface area contributed by atoms with Crippen molar-refractivity contribution in [2.24, 2.45) is 34.0 Å². The zero-order valence-electron chi connectivity index (χ0n) is 18.0. The second-order valence-corrected chi connectivity index (χ2v) is 11.9. The molecule has 0 bridgehead atoms. The molecule has 0 spiro atoms. The molecule has 0 aliphatic heterocycles. The van der Waals surface area contributed by atoms with Gasteiger partial charge in [0.05, 0.1) is 18.6 Å². The number of aryl methyl sites for hydroxylation is 1. The molecule has 27 heavy (non-hydrogen) atoms. The van der Waals surface area contributed by atoms with Crippen LogP contribution in [0, 0.1) is 34.0 Å². The van der Waals surface area contributed by atoms with Crippen LogP contribution in [0.1, 0.15) is 90.7 Å². The minimum absolute atomic E-state index is 0.140. The van der Waals surface area contributed by atoms with E-state index in [0.29, 0.717) is 28.1 Å². The lowest BCUT2D eigenvalue weighted by molar-refractivity contribution is -0.207. The molecular formula is C25H38O2. The zero-order chi connectivity index (χ0) is 19.2. The first-order valence-corrected chi connectivity index (χ1v) is 11.4. The summed E-state index contributed by atoms with van der Waals surface area (Å²) in [5, 5.41) is 11.6. The number of furan rings is 1. The molecule has 3 saturated carbocycles. The summed E-state index contributed by atoms with van der Waals surface area (Å²) in [6.45, 7) is 12.6. The van der Waals surface area contributed by atoms with Crippen LogP contribution in [0.3, 0.4) is 0 Å². The second-order valence-electron chi connectivity index (χ2n) is 11.9. The van der Waals surface area contributed by atoms with Gasteiger partial charge < -0.3 is 9.52 Å². The lowest BCUT2D eigenvalue weighted by Crippen LogP contribution is -2.66. The Bertz CT molecular complexity index is 747. The van der Waals surface area contributed by atoms with Crippen molar-refractivity contribution in [1.82, 2.24) is 0 Å². The van der Waals surface area contributed by atoms with Gasteiger partial charge in [0.25, 0.3) is 0 Å². The van der Waals surface area contributed by atoms with Crippen molar-refractivity contribution in [3.63, 3.8) is 0 Å². The molecule has 2 heteroatoms. The second kappa shape index (κ2) is 5.43. The quantitative estimate of drug-likeness (QED) is 0.597. The number of hydrogen-bond acceptors (Lipinski definition) is 2. The van der Waals surface area contributed by atoms with Crippen LogP contribution in [0.25, 0.3) is 0 Å². The van der Waals surface area contributed by atoms with Crippen molar-refractivity contribution in [3.05, 3.63) is 23.7 Å². The van der Waals surface area contributed by atoms with E-state index >= 15 is 0 Å². The van der Waals surface area contributed by atoms with Gasteiger partial charge in [0.1, 0.15) is 0 Å². The fourth-order valence-corrected chi connectivity index (χ4v) is 9.31. The number of aliphatic hydroxyl groups is 1. The molecule has 4 aliphatic rings. The third kappa shape index (κ3) is 2.12. The number of aliphatic hydroxyl groups excluding tert-OH is 1. The first-order chi connectivity index (χ1) is 12.6. The van der Waals surface area contributed by atoms with Gasteiger partial charge >= 0.3 is 0 Å². The highest BCUT2D eigenvalue weighted by Crippen LogP contribution is 2.72. The molecular weight excluding hydrogens is 332 g/mol. The van der Waals surface area contributed by atoms with Crippen LogP contribution < -0.4 is 0 Å². The summed E-state index contributed by atoms with van der Waals surface area (Å²) < 4.78 is 5.62. The van der Waals surface area contributed by atoms with Crippen LogP contribution in [-0.4, -0.2) is 11.2 Å². The van der Waals surface area contributed by atoms with Gasteiger partial charge in [0, 0.05) is 11.0 Å². The van der Waals surface area contributed by atoms with Gasteiger partial charge in [-0.05, 0) is 84.5 Å².